The first-order chi connectivity index (χ1) is 8.71. The Bertz CT molecular complexity index is 365. The Morgan fingerprint density at radius 1 is 1.33 bits per heavy atom. The lowest BCUT2D eigenvalue weighted by Crippen LogP contribution is -2.37. The van der Waals surface area contributed by atoms with Crippen LogP contribution in [0.25, 0.3) is 0 Å². The Hall–Kier alpha value is -1.55. The molecule has 0 amide bonds. The lowest BCUT2D eigenvalue weighted by Gasteiger charge is -2.29. The molecule has 0 saturated carbocycles. The van der Waals surface area contributed by atoms with E-state index in [1.807, 2.05) is 18.2 Å². The third-order valence-electron chi connectivity index (χ3n) is 3.20. The van der Waals surface area contributed by atoms with Crippen LogP contribution < -0.4 is 5.73 Å². The third-order valence-corrected chi connectivity index (χ3v) is 3.20. The fourth-order valence-electron chi connectivity index (χ4n) is 2.13. The number of hydrogen-bond acceptors (Lipinski definition) is 3. The van der Waals surface area contributed by atoms with Crippen molar-refractivity contribution in [1.82, 2.24) is 4.90 Å². The second kappa shape index (κ2) is 7.71. The molecule has 0 aromatic heterocycles. The minimum Gasteiger partial charge on any atom is -0.409 e. The molecule has 1 rings (SSSR count). The largest absolute Gasteiger partial charge is 0.409 e. The number of nitrogens with zero attached hydrogens (tertiary/aromatic N) is 2. The maximum atomic E-state index is 8.67. The topological polar surface area (TPSA) is 61.9 Å². The van der Waals surface area contributed by atoms with Gasteiger partial charge in [0, 0.05) is 19.0 Å². The minimum atomic E-state index is 0.299. The number of benzene rings is 1. The zero-order valence-electron chi connectivity index (χ0n) is 11.2. The maximum absolute atomic E-state index is 8.67. The van der Waals surface area contributed by atoms with Crippen LogP contribution in [0.1, 0.15) is 32.3 Å². The van der Waals surface area contributed by atoms with Gasteiger partial charge in [-0.1, -0.05) is 49.3 Å². The first kappa shape index (κ1) is 14.5. The summed E-state index contributed by atoms with van der Waals surface area (Å²) in [7, 11) is 0. The molecule has 100 valence electrons. The van der Waals surface area contributed by atoms with Crippen LogP contribution >= 0.6 is 0 Å². The van der Waals surface area contributed by atoms with Crippen LogP contribution in [-0.4, -0.2) is 28.5 Å². The van der Waals surface area contributed by atoms with Gasteiger partial charge in [-0.3, -0.25) is 4.90 Å². The quantitative estimate of drug-likeness (QED) is 0.338. The van der Waals surface area contributed by atoms with Crippen LogP contribution in [0.4, 0.5) is 0 Å². The summed E-state index contributed by atoms with van der Waals surface area (Å²) < 4.78 is 0. The molecule has 0 heterocycles. The van der Waals surface area contributed by atoms with E-state index in [0.29, 0.717) is 18.3 Å². The number of nitrogens with two attached hydrogens (primary N) is 1. The summed E-state index contributed by atoms with van der Waals surface area (Å²) in [6, 6.07) is 10.7. The van der Waals surface area contributed by atoms with Crippen molar-refractivity contribution in [3.8, 4) is 0 Å². The first-order valence-corrected chi connectivity index (χ1v) is 6.45. The second-order valence-electron chi connectivity index (χ2n) is 4.41. The van der Waals surface area contributed by atoms with Crippen molar-refractivity contribution in [3.63, 3.8) is 0 Å². The van der Waals surface area contributed by atoms with Crippen molar-refractivity contribution in [2.24, 2.45) is 10.9 Å². The van der Waals surface area contributed by atoms with Crippen molar-refractivity contribution in [2.75, 3.05) is 6.54 Å². The fraction of sp³-hybridized carbons (Fsp3) is 0.500. The van der Waals surface area contributed by atoms with Crippen LogP contribution in [0.3, 0.4) is 0 Å². The molecule has 0 fully saturated rings. The van der Waals surface area contributed by atoms with E-state index >= 15 is 0 Å². The summed E-state index contributed by atoms with van der Waals surface area (Å²) in [5, 5.41) is 11.7. The number of hydrogen-bond donors (Lipinski definition) is 2. The number of amidine groups is 1. The standard InChI is InChI=1S/C14H23N3O/c1-3-13(10-14(15)16-18)17(4-2)11-12-8-6-5-7-9-12/h5-9,13,18H,3-4,10-11H2,1-2H3,(H2,15,16). The summed E-state index contributed by atoms with van der Waals surface area (Å²) >= 11 is 0. The molecular weight excluding hydrogens is 226 g/mol. The van der Waals surface area contributed by atoms with E-state index in [2.05, 4.69) is 36.0 Å². The van der Waals surface area contributed by atoms with E-state index < -0.39 is 0 Å². The molecule has 1 aromatic rings. The van der Waals surface area contributed by atoms with Gasteiger partial charge in [0.05, 0.1) is 0 Å². The Morgan fingerprint density at radius 2 is 2.00 bits per heavy atom. The molecule has 18 heavy (non-hydrogen) atoms. The lowest BCUT2D eigenvalue weighted by molar-refractivity contribution is 0.194. The fourth-order valence-corrected chi connectivity index (χ4v) is 2.13. The van der Waals surface area contributed by atoms with Gasteiger partial charge in [-0.2, -0.15) is 0 Å². The Morgan fingerprint density at radius 3 is 2.50 bits per heavy atom. The van der Waals surface area contributed by atoms with E-state index in [4.69, 9.17) is 10.9 Å². The molecule has 0 aliphatic heterocycles. The average molecular weight is 249 g/mol. The molecule has 0 aliphatic rings. The van der Waals surface area contributed by atoms with Crippen LogP contribution in [0.2, 0.25) is 0 Å². The molecule has 0 aliphatic carbocycles. The van der Waals surface area contributed by atoms with Crippen molar-refractivity contribution in [1.29, 1.82) is 0 Å². The Labute approximate surface area is 109 Å². The molecule has 0 saturated heterocycles. The molecule has 4 heteroatoms. The van der Waals surface area contributed by atoms with E-state index in [9.17, 15) is 0 Å². The summed E-state index contributed by atoms with van der Waals surface area (Å²) in [5.74, 6) is 0.299. The SMILES string of the molecule is CCC(C/C(N)=N/O)N(CC)Cc1ccccc1. The van der Waals surface area contributed by atoms with Crippen molar-refractivity contribution < 1.29 is 5.21 Å². The summed E-state index contributed by atoms with van der Waals surface area (Å²) in [6.07, 6.45) is 1.59. The van der Waals surface area contributed by atoms with Crippen molar-refractivity contribution >= 4 is 5.84 Å². The number of oxime groups is 1. The van der Waals surface area contributed by atoms with Crippen LogP contribution in [-0.2, 0) is 6.54 Å². The molecule has 1 aromatic carbocycles. The second-order valence-corrected chi connectivity index (χ2v) is 4.41. The molecule has 1 unspecified atom stereocenters. The normalized spacial score (nSPS) is 13.8. The number of rotatable bonds is 7. The van der Waals surface area contributed by atoms with E-state index in [1.54, 1.807) is 0 Å². The van der Waals surface area contributed by atoms with E-state index in [0.717, 1.165) is 19.5 Å². The van der Waals surface area contributed by atoms with E-state index in [1.165, 1.54) is 5.56 Å². The first-order valence-electron chi connectivity index (χ1n) is 6.45. The van der Waals surface area contributed by atoms with Gasteiger partial charge in [0.25, 0.3) is 0 Å². The molecule has 3 N–H and O–H groups in total. The summed E-state index contributed by atoms with van der Waals surface area (Å²) in [6.45, 7) is 6.11. The predicted octanol–water partition coefficient (Wildman–Crippen LogP) is 2.42. The van der Waals surface area contributed by atoms with Crippen molar-refractivity contribution in [3.05, 3.63) is 35.9 Å². The highest BCUT2D eigenvalue weighted by Gasteiger charge is 2.17. The molecular formula is C14H23N3O. The third kappa shape index (κ3) is 4.37. The summed E-state index contributed by atoms with van der Waals surface area (Å²) in [5.41, 5.74) is 6.90. The van der Waals surface area contributed by atoms with Crippen molar-refractivity contribution in [2.45, 2.75) is 39.3 Å². The average Bonchev–Trinajstić information content (AvgIpc) is 2.43. The zero-order chi connectivity index (χ0) is 13.4. The van der Waals surface area contributed by atoms with Crippen LogP contribution in [0.5, 0.6) is 0 Å². The van der Waals surface area contributed by atoms with Gasteiger partial charge in [-0.05, 0) is 18.5 Å². The maximum Gasteiger partial charge on any atom is 0.140 e. The Balaban J connectivity index is 2.68. The monoisotopic (exact) mass is 249 g/mol. The van der Waals surface area contributed by atoms with Gasteiger partial charge in [-0.25, -0.2) is 0 Å². The molecule has 0 bridgehead atoms. The van der Waals surface area contributed by atoms with E-state index in [-0.39, 0.29) is 0 Å². The molecule has 0 radical (unpaired) electrons. The molecule has 0 spiro atoms. The lowest BCUT2D eigenvalue weighted by atomic mass is 10.1. The molecule has 4 nitrogen and oxygen atoms in total. The highest BCUT2D eigenvalue weighted by Crippen LogP contribution is 2.13. The van der Waals surface area contributed by atoms with Gasteiger partial charge in [0.2, 0.25) is 0 Å². The molecule has 1 atom stereocenters. The minimum absolute atomic E-state index is 0.299. The smallest absolute Gasteiger partial charge is 0.140 e. The van der Waals surface area contributed by atoms with Gasteiger partial charge < -0.3 is 10.9 Å². The van der Waals surface area contributed by atoms with Crippen LogP contribution in [0, 0.1) is 0 Å². The van der Waals surface area contributed by atoms with Gasteiger partial charge >= 0.3 is 0 Å². The van der Waals surface area contributed by atoms with Gasteiger partial charge in [0.1, 0.15) is 5.84 Å². The van der Waals surface area contributed by atoms with Crippen LogP contribution in [0.15, 0.2) is 35.5 Å². The predicted molar refractivity (Wildman–Crippen MR) is 74.6 cm³/mol. The van der Waals surface area contributed by atoms with Gasteiger partial charge in [-0.15, -0.1) is 0 Å². The summed E-state index contributed by atoms with van der Waals surface area (Å²) in [4.78, 5) is 2.35. The highest BCUT2D eigenvalue weighted by atomic mass is 16.4. The van der Waals surface area contributed by atoms with Gasteiger partial charge in [0.15, 0.2) is 0 Å². The zero-order valence-corrected chi connectivity index (χ0v) is 11.2. The Kier molecular flexibility index (Phi) is 6.22. The highest BCUT2D eigenvalue weighted by molar-refractivity contribution is 5.80.